The fourth-order valence-corrected chi connectivity index (χ4v) is 4.58. The zero-order chi connectivity index (χ0) is 34.8. The third-order valence-corrected chi connectivity index (χ3v) is 7.25. The van der Waals surface area contributed by atoms with Crippen molar-refractivity contribution in [3.63, 3.8) is 0 Å². The SMILES string of the molecule is C[C@@H](CCC(=O)NCCOCCOCC(=O)NCCOCCNC(=O)CN)NC(=O)CCCCCCCCCCCCCCC(=O)O. The second kappa shape index (κ2) is 33.1. The van der Waals surface area contributed by atoms with Gasteiger partial charge in [0.15, 0.2) is 0 Å². The van der Waals surface area contributed by atoms with Crippen molar-refractivity contribution in [1.82, 2.24) is 21.3 Å². The summed E-state index contributed by atoms with van der Waals surface area (Å²) in [7, 11) is 0. The summed E-state index contributed by atoms with van der Waals surface area (Å²) in [5.74, 6) is -1.28. The Hall–Kier alpha value is -2.81. The van der Waals surface area contributed by atoms with Crippen LogP contribution in [-0.2, 0) is 38.2 Å². The third-order valence-electron chi connectivity index (χ3n) is 7.25. The van der Waals surface area contributed by atoms with Crippen molar-refractivity contribution in [2.45, 2.75) is 116 Å². The molecule has 14 heteroatoms. The smallest absolute Gasteiger partial charge is 0.303 e. The van der Waals surface area contributed by atoms with Gasteiger partial charge < -0.3 is 46.3 Å². The molecule has 0 spiro atoms. The number of unbranched alkanes of at least 4 members (excludes halogenated alkanes) is 11. The molecule has 0 aromatic rings. The summed E-state index contributed by atoms with van der Waals surface area (Å²) < 4.78 is 15.9. The standard InChI is InChI=1S/C33H63N5O9/c1-28(38-30(40)14-12-10-8-6-4-2-3-5-7-9-11-13-15-33(43)44)16-17-29(39)35-18-23-46-24-25-47-27-32(42)37-20-22-45-21-19-36-31(41)26-34/h28H,2-27,34H2,1H3,(H,35,39)(H,36,41)(H,37,42)(H,38,40)(H,43,44)/t28-/m0/s1. The van der Waals surface area contributed by atoms with Crippen LogP contribution in [0.25, 0.3) is 0 Å². The summed E-state index contributed by atoms with van der Waals surface area (Å²) in [6.45, 7) is 4.34. The van der Waals surface area contributed by atoms with Gasteiger partial charge in [-0.3, -0.25) is 24.0 Å². The Morgan fingerprint density at radius 2 is 1.00 bits per heavy atom. The quantitative estimate of drug-likeness (QED) is 0.0549. The van der Waals surface area contributed by atoms with Crippen molar-refractivity contribution in [2.75, 3.05) is 65.8 Å². The number of hydrogen-bond donors (Lipinski definition) is 6. The summed E-state index contributed by atoms with van der Waals surface area (Å²) in [6, 6.07) is -0.0701. The van der Waals surface area contributed by atoms with Crippen LogP contribution in [-0.4, -0.2) is 107 Å². The maximum atomic E-state index is 12.2. The highest BCUT2D eigenvalue weighted by atomic mass is 16.5. The van der Waals surface area contributed by atoms with Crippen molar-refractivity contribution in [2.24, 2.45) is 5.73 Å². The maximum absolute atomic E-state index is 12.2. The van der Waals surface area contributed by atoms with Gasteiger partial charge in [0.1, 0.15) is 6.61 Å². The topological polar surface area (TPSA) is 207 Å². The number of carboxylic acids is 1. The Bertz CT molecular complexity index is 832. The summed E-state index contributed by atoms with van der Waals surface area (Å²) in [4.78, 5) is 57.4. The van der Waals surface area contributed by atoms with Crippen LogP contribution < -0.4 is 27.0 Å². The van der Waals surface area contributed by atoms with Gasteiger partial charge in [-0.2, -0.15) is 0 Å². The van der Waals surface area contributed by atoms with Gasteiger partial charge in [0, 0.05) is 44.9 Å². The number of carboxylic acid groups (broad SMARTS) is 1. The fraction of sp³-hybridized carbons (Fsp3) is 0.848. The predicted molar refractivity (Wildman–Crippen MR) is 180 cm³/mol. The summed E-state index contributed by atoms with van der Waals surface area (Å²) in [5, 5.41) is 19.6. The van der Waals surface area contributed by atoms with E-state index in [1.54, 1.807) is 0 Å². The monoisotopic (exact) mass is 673 g/mol. The molecule has 0 radical (unpaired) electrons. The van der Waals surface area contributed by atoms with E-state index in [0.29, 0.717) is 65.3 Å². The number of carbonyl (C=O) groups is 5. The van der Waals surface area contributed by atoms with Crippen molar-refractivity contribution >= 4 is 29.6 Å². The highest BCUT2D eigenvalue weighted by molar-refractivity contribution is 5.78. The maximum Gasteiger partial charge on any atom is 0.303 e. The number of amides is 4. The molecule has 1 atom stereocenters. The molecule has 0 aromatic heterocycles. The highest BCUT2D eigenvalue weighted by Gasteiger charge is 2.10. The molecule has 47 heavy (non-hydrogen) atoms. The van der Waals surface area contributed by atoms with Gasteiger partial charge in [-0.25, -0.2) is 0 Å². The van der Waals surface area contributed by atoms with E-state index < -0.39 is 5.97 Å². The number of nitrogens with two attached hydrogens (primary N) is 1. The van der Waals surface area contributed by atoms with E-state index in [2.05, 4.69) is 21.3 Å². The molecule has 0 unspecified atom stereocenters. The van der Waals surface area contributed by atoms with Gasteiger partial charge in [0.25, 0.3) is 0 Å². The van der Waals surface area contributed by atoms with E-state index in [1.165, 1.54) is 38.5 Å². The van der Waals surface area contributed by atoms with E-state index >= 15 is 0 Å². The minimum Gasteiger partial charge on any atom is -0.481 e. The first kappa shape index (κ1) is 44.2. The summed E-state index contributed by atoms with van der Waals surface area (Å²) in [5.41, 5.74) is 5.17. The van der Waals surface area contributed by atoms with E-state index in [1.807, 2.05) is 6.92 Å². The molecule has 0 saturated carbocycles. The van der Waals surface area contributed by atoms with Gasteiger partial charge >= 0.3 is 5.97 Å². The van der Waals surface area contributed by atoms with Gasteiger partial charge in [0.2, 0.25) is 23.6 Å². The van der Waals surface area contributed by atoms with Crippen molar-refractivity contribution in [3.8, 4) is 0 Å². The van der Waals surface area contributed by atoms with Crippen LogP contribution in [0.4, 0.5) is 0 Å². The molecule has 0 fully saturated rings. The first-order chi connectivity index (χ1) is 22.7. The molecule has 7 N–H and O–H groups in total. The number of aliphatic carboxylic acids is 1. The molecule has 0 bridgehead atoms. The first-order valence-electron chi connectivity index (χ1n) is 17.5. The minimum absolute atomic E-state index is 0.0329. The normalized spacial score (nSPS) is 11.5. The largest absolute Gasteiger partial charge is 0.481 e. The van der Waals surface area contributed by atoms with Gasteiger partial charge in [0.05, 0.1) is 39.6 Å². The lowest BCUT2D eigenvalue weighted by atomic mass is 10.0. The average molecular weight is 674 g/mol. The van der Waals surface area contributed by atoms with Crippen molar-refractivity contribution in [3.05, 3.63) is 0 Å². The van der Waals surface area contributed by atoms with E-state index in [4.69, 9.17) is 25.1 Å². The third kappa shape index (κ3) is 34.3. The van der Waals surface area contributed by atoms with Crippen LogP contribution in [0.15, 0.2) is 0 Å². The van der Waals surface area contributed by atoms with Gasteiger partial charge in [-0.1, -0.05) is 64.2 Å². The van der Waals surface area contributed by atoms with Crippen LogP contribution >= 0.6 is 0 Å². The Labute approximate surface area is 281 Å². The zero-order valence-electron chi connectivity index (χ0n) is 28.8. The summed E-state index contributed by atoms with van der Waals surface area (Å²) in [6.07, 6.45) is 15.0. The Morgan fingerprint density at radius 3 is 1.53 bits per heavy atom. The Morgan fingerprint density at radius 1 is 0.553 bits per heavy atom. The molecule has 0 aromatic carbocycles. The lowest BCUT2D eigenvalue weighted by Gasteiger charge is -2.14. The number of nitrogens with one attached hydrogen (secondary N) is 4. The fourth-order valence-electron chi connectivity index (χ4n) is 4.58. The Balaban J connectivity index is 3.47. The predicted octanol–water partition coefficient (Wildman–Crippen LogP) is 2.17. The van der Waals surface area contributed by atoms with Crippen molar-refractivity contribution < 1.29 is 43.3 Å². The summed E-state index contributed by atoms with van der Waals surface area (Å²) >= 11 is 0. The molecule has 0 heterocycles. The van der Waals surface area contributed by atoms with E-state index in [9.17, 15) is 24.0 Å². The number of ether oxygens (including phenoxy) is 3. The number of carbonyl (C=O) groups excluding carboxylic acids is 4. The molecule has 0 aliphatic heterocycles. The molecule has 4 amide bonds. The molecule has 0 aliphatic rings. The Kier molecular flexibility index (Phi) is 31.1. The van der Waals surface area contributed by atoms with Gasteiger partial charge in [-0.05, 0) is 26.2 Å². The number of hydrogen-bond acceptors (Lipinski definition) is 9. The molecular formula is C33H63N5O9. The van der Waals surface area contributed by atoms with Crippen molar-refractivity contribution in [1.29, 1.82) is 0 Å². The molecule has 0 rings (SSSR count). The van der Waals surface area contributed by atoms with Crippen LogP contribution in [0.2, 0.25) is 0 Å². The minimum atomic E-state index is -0.703. The molecular weight excluding hydrogens is 610 g/mol. The number of rotatable bonds is 34. The first-order valence-corrected chi connectivity index (χ1v) is 17.5. The van der Waals surface area contributed by atoms with Gasteiger partial charge in [-0.15, -0.1) is 0 Å². The molecule has 0 aliphatic carbocycles. The van der Waals surface area contributed by atoms with Crippen LogP contribution in [0.1, 0.15) is 110 Å². The lowest BCUT2D eigenvalue weighted by Crippen LogP contribution is -2.34. The second-order valence-electron chi connectivity index (χ2n) is 11.7. The van der Waals surface area contributed by atoms with Crippen LogP contribution in [0.3, 0.4) is 0 Å². The molecule has 274 valence electrons. The zero-order valence-corrected chi connectivity index (χ0v) is 28.8. The molecule has 14 nitrogen and oxygen atoms in total. The lowest BCUT2D eigenvalue weighted by molar-refractivity contribution is -0.137. The molecule has 0 saturated heterocycles. The average Bonchev–Trinajstić information content (AvgIpc) is 3.04. The van der Waals surface area contributed by atoms with E-state index in [0.717, 1.165) is 38.5 Å². The second-order valence-corrected chi connectivity index (χ2v) is 11.7. The highest BCUT2D eigenvalue weighted by Crippen LogP contribution is 2.13. The van der Waals surface area contributed by atoms with E-state index in [-0.39, 0.29) is 55.8 Å². The van der Waals surface area contributed by atoms with Crippen LogP contribution in [0, 0.1) is 0 Å². The van der Waals surface area contributed by atoms with Crippen LogP contribution in [0.5, 0.6) is 0 Å².